The number of rotatable bonds is 4. The molecule has 0 bridgehead atoms. The molecule has 3 aromatic rings. The molecule has 2 aromatic heterocycles. The Bertz CT molecular complexity index is 1020. The molecule has 1 N–H and O–H groups in total. The lowest BCUT2D eigenvalue weighted by molar-refractivity contribution is -0.129. The summed E-state index contributed by atoms with van der Waals surface area (Å²) in [6.07, 6.45) is 2.07. The molecule has 8 heteroatoms. The van der Waals surface area contributed by atoms with Gasteiger partial charge >= 0.3 is 0 Å². The maximum absolute atomic E-state index is 12.5. The Morgan fingerprint density at radius 3 is 2.74 bits per heavy atom. The fourth-order valence-electron chi connectivity index (χ4n) is 3.27. The van der Waals surface area contributed by atoms with Gasteiger partial charge in [0.2, 0.25) is 5.91 Å². The zero-order chi connectivity index (χ0) is 19.0. The van der Waals surface area contributed by atoms with E-state index in [9.17, 15) is 9.59 Å². The minimum atomic E-state index is -0.242. The SMILES string of the molecule is Cc1nn(-c2ccccc2Cl)c2sc(C(=O)NCC(=O)N3CCCC3)cc12. The van der Waals surface area contributed by atoms with Crippen molar-refractivity contribution >= 4 is 45.0 Å². The molecule has 1 aliphatic heterocycles. The fourth-order valence-corrected chi connectivity index (χ4v) is 4.58. The van der Waals surface area contributed by atoms with Crippen LogP contribution in [0.1, 0.15) is 28.2 Å². The van der Waals surface area contributed by atoms with Crippen LogP contribution in [-0.4, -0.2) is 46.1 Å². The second-order valence-corrected chi connectivity index (χ2v) is 7.99. The summed E-state index contributed by atoms with van der Waals surface area (Å²) < 4.78 is 1.77. The lowest BCUT2D eigenvalue weighted by Crippen LogP contribution is -2.38. The van der Waals surface area contributed by atoms with Gasteiger partial charge in [0.1, 0.15) is 4.83 Å². The van der Waals surface area contributed by atoms with Crippen LogP contribution >= 0.6 is 22.9 Å². The molecule has 6 nitrogen and oxygen atoms in total. The van der Waals surface area contributed by atoms with Crippen molar-refractivity contribution in [1.82, 2.24) is 20.0 Å². The van der Waals surface area contributed by atoms with E-state index in [4.69, 9.17) is 11.6 Å². The molecule has 27 heavy (non-hydrogen) atoms. The van der Waals surface area contributed by atoms with Crippen molar-refractivity contribution in [1.29, 1.82) is 0 Å². The molecule has 0 saturated carbocycles. The first-order valence-corrected chi connectivity index (χ1v) is 10.0. The molecule has 0 radical (unpaired) electrons. The number of nitrogens with one attached hydrogen (secondary N) is 1. The molecule has 0 spiro atoms. The molecule has 4 rings (SSSR count). The largest absolute Gasteiger partial charge is 0.342 e. The summed E-state index contributed by atoms with van der Waals surface area (Å²) in [4.78, 5) is 27.9. The van der Waals surface area contributed by atoms with Gasteiger partial charge in [0.25, 0.3) is 5.91 Å². The summed E-state index contributed by atoms with van der Waals surface area (Å²) in [6.45, 7) is 3.50. The van der Waals surface area contributed by atoms with E-state index in [2.05, 4.69) is 10.4 Å². The molecule has 1 aliphatic rings. The Balaban J connectivity index is 1.56. The molecule has 0 aliphatic carbocycles. The fraction of sp³-hybridized carbons (Fsp3) is 0.316. The number of carbonyl (C=O) groups is 2. The van der Waals surface area contributed by atoms with Crippen LogP contribution in [0.3, 0.4) is 0 Å². The van der Waals surface area contributed by atoms with E-state index in [0.29, 0.717) is 9.90 Å². The van der Waals surface area contributed by atoms with Gasteiger partial charge in [-0.2, -0.15) is 5.10 Å². The maximum atomic E-state index is 12.5. The summed E-state index contributed by atoms with van der Waals surface area (Å²) in [5, 5.41) is 8.81. The van der Waals surface area contributed by atoms with E-state index in [-0.39, 0.29) is 18.4 Å². The van der Waals surface area contributed by atoms with Crippen molar-refractivity contribution < 1.29 is 9.59 Å². The Kier molecular flexibility index (Phi) is 4.88. The van der Waals surface area contributed by atoms with Crippen molar-refractivity contribution in [2.24, 2.45) is 0 Å². The molecule has 0 unspecified atom stereocenters. The Morgan fingerprint density at radius 1 is 1.26 bits per heavy atom. The van der Waals surface area contributed by atoms with Crippen LogP contribution in [0.4, 0.5) is 0 Å². The lowest BCUT2D eigenvalue weighted by atomic mass is 10.3. The second kappa shape index (κ2) is 7.32. The maximum Gasteiger partial charge on any atom is 0.261 e. The Hall–Kier alpha value is -2.38. The number of aromatic nitrogens is 2. The first kappa shape index (κ1) is 18.0. The van der Waals surface area contributed by atoms with Crippen molar-refractivity contribution in [3.63, 3.8) is 0 Å². The molecular weight excluding hydrogens is 384 g/mol. The average Bonchev–Trinajstić information content (AvgIpc) is 3.38. The molecule has 0 atom stereocenters. The number of nitrogens with zero attached hydrogens (tertiary/aromatic N) is 3. The first-order valence-electron chi connectivity index (χ1n) is 8.84. The smallest absolute Gasteiger partial charge is 0.261 e. The predicted octanol–water partition coefficient (Wildman–Crippen LogP) is 3.40. The van der Waals surface area contributed by atoms with Crippen LogP contribution in [0.2, 0.25) is 5.02 Å². The van der Waals surface area contributed by atoms with Crippen LogP contribution in [0, 0.1) is 6.92 Å². The number of fused-ring (bicyclic) bond motifs is 1. The van der Waals surface area contributed by atoms with Gasteiger partial charge in [0.15, 0.2) is 0 Å². The molecule has 1 aromatic carbocycles. The lowest BCUT2D eigenvalue weighted by Gasteiger charge is -2.15. The third-order valence-corrected chi connectivity index (χ3v) is 6.14. The van der Waals surface area contributed by atoms with Crippen molar-refractivity contribution in [2.45, 2.75) is 19.8 Å². The van der Waals surface area contributed by atoms with Crippen molar-refractivity contribution in [3.8, 4) is 5.69 Å². The van der Waals surface area contributed by atoms with Gasteiger partial charge in [-0.15, -0.1) is 11.3 Å². The highest BCUT2D eigenvalue weighted by molar-refractivity contribution is 7.20. The zero-order valence-corrected chi connectivity index (χ0v) is 16.4. The number of halogens is 1. The van der Waals surface area contributed by atoms with Crippen LogP contribution in [0.5, 0.6) is 0 Å². The van der Waals surface area contributed by atoms with Crippen molar-refractivity contribution in [3.05, 3.63) is 45.9 Å². The standard InChI is InChI=1S/C19H19ClN4O2S/c1-12-13-10-16(18(26)21-11-17(25)23-8-4-5-9-23)27-19(13)24(22-12)15-7-3-2-6-14(15)20/h2-3,6-7,10H,4-5,8-9,11H2,1H3,(H,21,26). The number of thiophene rings is 1. The van der Waals surface area contributed by atoms with Gasteiger partial charge in [0, 0.05) is 18.5 Å². The number of hydrogen-bond donors (Lipinski definition) is 1. The van der Waals surface area contributed by atoms with E-state index in [1.165, 1.54) is 11.3 Å². The van der Waals surface area contributed by atoms with Crippen LogP contribution in [0.15, 0.2) is 30.3 Å². The third kappa shape index (κ3) is 3.44. The number of carbonyl (C=O) groups excluding carboxylic acids is 2. The Labute approximate surface area is 165 Å². The number of para-hydroxylation sites is 1. The highest BCUT2D eigenvalue weighted by Gasteiger charge is 2.21. The third-order valence-electron chi connectivity index (χ3n) is 4.71. The second-order valence-electron chi connectivity index (χ2n) is 6.55. The highest BCUT2D eigenvalue weighted by atomic mass is 35.5. The summed E-state index contributed by atoms with van der Waals surface area (Å²) in [6, 6.07) is 9.29. The first-order chi connectivity index (χ1) is 13.0. The van der Waals surface area contributed by atoms with Gasteiger partial charge in [-0.1, -0.05) is 23.7 Å². The predicted molar refractivity (Wildman–Crippen MR) is 107 cm³/mol. The van der Waals surface area contributed by atoms with Crippen LogP contribution in [0.25, 0.3) is 15.9 Å². The summed E-state index contributed by atoms with van der Waals surface area (Å²) >= 11 is 7.65. The minimum absolute atomic E-state index is 0.0274. The van der Waals surface area contributed by atoms with Gasteiger partial charge < -0.3 is 10.2 Å². The van der Waals surface area contributed by atoms with Gasteiger partial charge in [0.05, 0.1) is 27.8 Å². The quantitative estimate of drug-likeness (QED) is 0.727. The van der Waals surface area contributed by atoms with Gasteiger partial charge in [-0.3, -0.25) is 9.59 Å². The number of hydrogen-bond acceptors (Lipinski definition) is 4. The van der Waals surface area contributed by atoms with Crippen LogP contribution in [-0.2, 0) is 4.79 Å². The zero-order valence-electron chi connectivity index (χ0n) is 14.9. The highest BCUT2D eigenvalue weighted by Crippen LogP contribution is 2.32. The molecular formula is C19H19ClN4O2S. The van der Waals surface area contributed by atoms with Crippen LogP contribution < -0.4 is 5.32 Å². The normalized spacial score (nSPS) is 14.1. The molecule has 140 valence electrons. The molecule has 2 amide bonds. The number of benzene rings is 1. The van der Waals surface area contributed by atoms with Crippen molar-refractivity contribution in [2.75, 3.05) is 19.6 Å². The van der Waals surface area contributed by atoms with E-state index in [1.54, 1.807) is 9.58 Å². The summed E-state index contributed by atoms with van der Waals surface area (Å²) in [5.41, 5.74) is 1.60. The number of amides is 2. The van der Waals surface area contributed by atoms with E-state index in [0.717, 1.165) is 47.5 Å². The Morgan fingerprint density at radius 2 is 2.00 bits per heavy atom. The van der Waals surface area contributed by atoms with E-state index >= 15 is 0 Å². The average molecular weight is 403 g/mol. The number of aryl methyl sites for hydroxylation is 1. The molecule has 1 saturated heterocycles. The van der Waals surface area contributed by atoms with Gasteiger partial charge in [-0.25, -0.2) is 4.68 Å². The topological polar surface area (TPSA) is 67.2 Å². The minimum Gasteiger partial charge on any atom is -0.342 e. The summed E-state index contributed by atoms with van der Waals surface area (Å²) in [5.74, 6) is -0.269. The van der Waals surface area contributed by atoms with Gasteiger partial charge in [-0.05, 0) is 38.0 Å². The molecule has 1 fully saturated rings. The van der Waals surface area contributed by atoms with E-state index < -0.39 is 0 Å². The number of likely N-dealkylation sites (tertiary alicyclic amines) is 1. The molecule has 3 heterocycles. The summed E-state index contributed by atoms with van der Waals surface area (Å²) in [7, 11) is 0. The van der Waals surface area contributed by atoms with E-state index in [1.807, 2.05) is 37.3 Å². The monoisotopic (exact) mass is 402 g/mol.